The molecule has 0 saturated carbocycles. The molecule has 1 aliphatic rings. The van der Waals surface area contributed by atoms with Gasteiger partial charge in [0.05, 0.1) is 19.8 Å². The Balaban J connectivity index is 2.64. The van der Waals surface area contributed by atoms with E-state index < -0.39 is 0 Å². The van der Waals surface area contributed by atoms with Crippen molar-refractivity contribution in [2.45, 2.75) is 32.1 Å². The fraction of sp³-hybridized carbons (Fsp3) is 0.588. The van der Waals surface area contributed by atoms with E-state index in [1.165, 1.54) is 0 Å². The molecule has 1 unspecified atom stereocenters. The summed E-state index contributed by atoms with van der Waals surface area (Å²) in [5.74, 6) is 2.07. The van der Waals surface area contributed by atoms with E-state index in [-0.39, 0.29) is 5.78 Å². The lowest BCUT2D eigenvalue weighted by Crippen LogP contribution is -2.26. The molecule has 2 rings (SSSR count). The maximum absolute atomic E-state index is 12.4. The van der Waals surface area contributed by atoms with Gasteiger partial charge in [-0.1, -0.05) is 6.92 Å². The van der Waals surface area contributed by atoms with E-state index in [1.54, 1.807) is 14.2 Å². The Morgan fingerprint density at radius 1 is 1.29 bits per heavy atom. The molecule has 1 aromatic carbocycles. The summed E-state index contributed by atoms with van der Waals surface area (Å²) in [6.45, 7) is 2.98. The van der Waals surface area contributed by atoms with Crippen LogP contribution in [0, 0.1) is 0 Å². The predicted molar refractivity (Wildman–Crippen MR) is 83.8 cm³/mol. The lowest BCUT2D eigenvalue weighted by atomic mass is 9.80. The fourth-order valence-electron chi connectivity index (χ4n) is 3.26. The Hall–Kier alpha value is -1.55. The zero-order valence-corrected chi connectivity index (χ0v) is 13.7. The van der Waals surface area contributed by atoms with Crippen LogP contribution in [-0.2, 0) is 6.42 Å². The van der Waals surface area contributed by atoms with Crippen LogP contribution in [0.4, 0.5) is 0 Å². The number of methoxy groups -OCH3 is 2. The topological polar surface area (TPSA) is 38.8 Å². The van der Waals surface area contributed by atoms with Gasteiger partial charge in [0.1, 0.15) is 11.5 Å². The molecule has 0 spiro atoms. The first-order valence-electron chi connectivity index (χ1n) is 7.49. The van der Waals surface area contributed by atoms with Gasteiger partial charge in [-0.2, -0.15) is 0 Å². The highest BCUT2D eigenvalue weighted by Gasteiger charge is 2.31. The van der Waals surface area contributed by atoms with Crippen LogP contribution in [0.3, 0.4) is 0 Å². The first kappa shape index (κ1) is 15.8. The molecule has 1 aliphatic carbocycles. The van der Waals surface area contributed by atoms with Crippen molar-refractivity contribution in [3.63, 3.8) is 0 Å². The SMILES string of the molecule is CCc1c(OC)cc2c(c1OC)C(=O)CCC2CN(C)C. The Labute approximate surface area is 127 Å². The Kier molecular flexibility index (Phi) is 4.88. The first-order chi connectivity index (χ1) is 10.0. The second kappa shape index (κ2) is 6.48. The second-order valence-corrected chi connectivity index (χ2v) is 5.83. The monoisotopic (exact) mass is 291 g/mol. The number of likely N-dealkylation sites (N-methyl/N-ethyl adjacent to an activating group) is 1. The van der Waals surface area contributed by atoms with Crippen LogP contribution >= 0.6 is 0 Å². The molecule has 0 amide bonds. The fourth-order valence-corrected chi connectivity index (χ4v) is 3.26. The van der Waals surface area contributed by atoms with E-state index in [9.17, 15) is 4.79 Å². The van der Waals surface area contributed by atoms with Gasteiger partial charge in [-0.3, -0.25) is 4.79 Å². The number of ketones is 1. The van der Waals surface area contributed by atoms with E-state index in [4.69, 9.17) is 9.47 Å². The molecular formula is C17H25NO3. The smallest absolute Gasteiger partial charge is 0.166 e. The van der Waals surface area contributed by atoms with E-state index in [0.29, 0.717) is 18.1 Å². The normalized spacial score (nSPS) is 17.8. The van der Waals surface area contributed by atoms with Crippen LogP contribution in [-0.4, -0.2) is 45.5 Å². The summed E-state index contributed by atoms with van der Waals surface area (Å²) in [6.07, 6.45) is 2.27. The van der Waals surface area contributed by atoms with E-state index in [0.717, 1.165) is 41.8 Å². The van der Waals surface area contributed by atoms with Crippen molar-refractivity contribution in [1.29, 1.82) is 0 Å². The lowest BCUT2D eigenvalue weighted by molar-refractivity contribution is 0.0960. The van der Waals surface area contributed by atoms with Crippen LogP contribution in [0.2, 0.25) is 0 Å². The Morgan fingerprint density at radius 3 is 2.52 bits per heavy atom. The summed E-state index contributed by atoms with van der Waals surface area (Å²) in [5, 5.41) is 0. The summed E-state index contributed by atoms with van der Waals surface area (Å²) in [6, 6.07) is 2.04. The van der Waals surface area contributed by atoms with Crippen LogP contribution < -0.4 is 9.47 Å². The molecule has 1 atom stereocenters. The van der Waals surface area contributed by atoms with E-state index in [1.807, 2.05) is 6.07 Å². The Morgan fingerprint density at radius 2 is 2.00 bits per heavy atom. The standard InChI is InChI=1S/C17H25NO3/c1-6-12-15(20-4)9-13-11(10-18(2)3)7-8-14(19)16(13)17(12)21-5/h9,11H,6-8,10H2,1-5H3. The van der Waals surface area contributed by atoms with Gasteiger partial charge in [0.25, 0.3) is 0 Å². The lowest BCUT2D eigenvalue weighted by Gasteiger charge is -2.30. The summed E-state index contributed by atoms with van der Waals surface area (Å²) < 4.78 is 11.1. The number of rotatable bonds is 5. The predicted octanol–water partition coefficient (Wildman–Crippen LogP) is 2.89. The van der Waals surface area contributed by atoms with Crippen molar-refractivity contribution < 1.29 is 14.3 Å². The number of carbonyl (C=O) groups excluding carboxylic acids is 1. The summed E-state index contributed by atoms with van der Waals surface area (Å²) in [7, 11) is 7.43. The number of hydrogen-bond acceptors (Lipinski definition) is 4. The van der Waals surface area contributed by atoms with Gasteiger partial charge in [0, 0.05) is 18.5 Å². The molecule has 0 fully saturated rings. The van der Waals surface area contributed by atoms with E-state index in [2.05, 4.69) is 25.9 Å². The summed E-state index contributed by atoms with van der Waals surface area (Å²) >= 11 is 0. The van der Waals surface area contributed by atoms with Gasteiger partial charge in [0.2, 0.25) is 0 Å². The molecule has 1 aromatic rings. The number of carbonyl (C=O) groups is 1. The molecule has 0 N–H and O–H groups in total. The number of hydrogen-bond donors (Lipinski definition) is 0. The van der Waals surface area contributed by atoms with Crippen molar-refractivity contribution >= 4 is 5.78 Å². The molecule has 0 aromatic heterocycles. The van der Waals surface area contributed by atoms with Gasteiger partial charge >= 0.3 is 0 Å². The third-order valence-corrected chi connectivity index (χ3v) is 4.18. The van der Waals surface area contributed by atoms with Crippen LogP contribution in [0.25, 0.3) is 0 Å². The largest absolute Gasteiger partial charge is 0.496 e. The van der Waals surface area contributed by atoms with Crippen molar-refractivity contribution in [3.05, 3.63) is 22.8 Å². The van der Waals surface area contributed by atoms with Gasteiger partial charge in [0.15, 0.2) is 5.78 Å². The van der Waals surface area contributed by atoms with Crippen LogP contribution in [0.5, 0.6) is 11.5 Å². The maximum atomic E-state index is 12.4. The van der Waals surface area contributed by atoms with Crippen LogP contribution in [0.15, 0.2) is 6.07 Å². The van der Waals surface area contributed by atoms with Crippen molar-refractivity contribution in [2.24, 2.45) is 0 Å². The van der Waals surface area contributed by atoms with Gasteiger partial charge < -0.3 is 14.4 Å². The van der Waals surface area contributed by atoms with Crippen molar-refractivity contribution in [1.82, 2.24) is 4.90 Å². The van der Waals surface area contributed by atoms with Crippen molar-refractivity contribution in [2.75, 3.05) is 34.9 Å². The minimum Gasteiger partial charge on any atom is -0.496 e. The summed E-state index contributed by atoms with van der Waals surface area (Å²) in [4.78, 5) is 14.6. The molecular weight excluding hydrogens is 266 g/mol. The molecule has 0 aliphatic heterocycles. The van der Waals surface area contributed by atoms with Gasteiger partial charge in [-0.05, 0) is 44.5 Å². The van der Waals surface area contributed by atoms with Gasteiger partial charge in [-0.15, -0.1) is 0 Å². The van der Waals surface area contributed by atoms with Gasteiger partial charge in [-0.25, -0.2) is 0 Å². The zero-order chi connectivity index (χ0) is 15.6. The highest BCUT2D eigenvalue weighted by Crippen LogP contribution is 2.43. The average Bonchev–Trinajstić information content (AvgIpc) is 2.47. The number of fused-ring (bicyclic) bond motifs is 1. The highest BCUT2D eigenvalue weighted by molar-refractivity contribution is 6.02. The molecule has 0 heterocycles. The zero-order valence-electron chi connectivity index (χ0n) is 13.7. The minimum atomic E-state index is 0.189. The molecule has 116 valence electrons. The molecule has 0 saturated heterocycles. The average molecular weight is 291 g/mol. The quantitative estimate of drug-likeness (QED) is 0.836. The van der Waals surface area contributed by atoms with Crippen LogP contribution in [0.1, 0.15) is 47.2 Å². The number of Topliss-reactive ketones (excluding diaryl/α,β-unsaturated/α-hetero) is 1. The second-order valence-electron chi connectivity index (χ2n) is 5.83. The minimum absolute atomic E-state index is 0.189. The third kappa shape index (κ3) is 2.91. The Bertz CT molecular complexity index is 537. The maximum Gasteiger partial charge on any atom is 0.166 e. The summed E-state index contributed by atoms with van der Waals surface area (Å²) in [5.41, 5.74) is 2.83. The van der Waals surface area contributed by atoms with Crippen molar-refractivity contribution in [3.8, 4) is 11.5 Å². The molecule has 0 radical (unpaired) electrons. The van der Waals surface area contributed by atoms with E-state index >= 15 is 0 Å². The molecule has 4 heteroatoms. The number of benzene rings is 1. The molecule has 4 nitrogen and oxygen atoms in total. The third-order valence-electron chi connectivity index (χ3n) is 4.18. The first-order valence-corrected chi connectivity index (χ1v) is 7.49. The number of ether oxygens (including phenoxy) is 2. The number of nitrogens with zero attached hydrogens (tertiary/aromatic N) is 1. The highest BCUT2D eigenvalue weighted by atomic mass is 16.5. The molecule has 21 heavy (non-hydrogen) atoms. The molecule has 0 bridgehead atoms.